The highest BCUT2D eigenvalue weighted by Crippen LogP contribution is 2.24. The molecule has 0 aliphatic carbocycles. The molecular formula is C14H30N2O2. The monoisotopic (exact) mass is 258 g/mol. The van der Waals surface area contributed by atoms with Crippen LogP contribution in [-0.4, -0.2) is 61.0 Å². The van der Waals surface area contributed by atoms with Gasteiger partial charge in [0.15, 0.2) is 0 Å². The van der Waals surface area contributed by atoms with Crippen LogP contribution in [0.4, 0.5) is 0 Å². The van der Waals surface area contributed by atoms with E-state index < -0.39 is 0 Å². The summed E-state index contributed by atoms with van der Waals surface area (Å²) in [5, 5.41) is 12.9. The number of methoxy groups -OCH3 is 1. The lowest BCUT2D eigenvalue weighted by molar-refractivity contribution is -0.0524. The molecule has 1 heterocycles. The van der Waals surface area contributed by atoms with E-state index in [0.29, 0.717) is 0 Å². The lowest BCUT2D eigenvalue weighted by Gasteiger charge is -2.41. The van der Waals surface area contributed by atoms with E-state index in [1.54, 1.807) is 7.11 Å². The van der Waals surface area contributed by atoms with Crippen LogP contribution in [0.1, 0.15) is 40.0 Å². The van der Waals surface area contributed by atoms with Crippen molar-refractivity contribution in [3.63, 3.8) is 0 Å². The minimum atomic E-state index is -0.157. The van der Waals surface area contributed by atoms with Crippen LogP contribution >= 0.6 is 0 Å². The number of aliphatic hydroxyl groups excluding tert-OH is 1. The maximum atomic E-state index is 9.49. The molecule has 18 heavy (non-hydrogen) atoms. The summed E-state index contributed by atoms with van der Waals surface area (Å²) < 4.78 is 5.61. The molecule has 0 aromatic carbocycles. The third kappa shape index (κ3) is 4.50. The molecular weight excluding hydrogens is 228 g/mol. The highest BCUT2D eigenvalue weighted by atomic mass is 16.5. The third-order valence-corrected chi connectivity index (χ3v) is 4.16. The summed E-state index contributed by atoms with van der Waals surface area (Å²) in [5.41, 5.74) is -0.151. The fourth-order valence-electron chi connectivity index (χ4n) is 2.72. The van der Waals surface area contributed by atoms with Crippen LogP contribution in [0.5, 0.6) is 0 Å². The number of piperidine rings is 1. The number of hydrogen-bond donors (Lipinski definition) is 2. The Balaban J connectivity index is 2.43. The molecule has 1 rings (SSSR count). The first-order valence-electron chi connectivity index (χ1n) is 7.10. The smallest absolute Gasteiger partial charge is 0.0777 e. The van der Waals surface area contributed by atoms with Crippen LogP contribution in [0.2, 0.25) is 0 Å². The number of nitrogens with one attached hydrogen (secondary N) is 1. The second-order valence-corrected chi connectivity index (χ2v) is 6.03. The molecule has 2 unspecified atom stereocenters. The Kier molecular flexibility index (Phi) is 6.05. The van der Waals surface area contributed by atoms with Gasteiger partial charge in [-0.15, -0.1) is 0 Å². The van der Waals surface area contributed by atoms with E-state index in [4.69, 9.17) is 4.74 Å². The average molecular weight is 258 g/mol. The molecule has 0 spiro atoms. The largest absolute Gasteiger partial charge is 0.394 e. The standard InChI is InChI=1S/C14H30N2O2/c1-5-15-13(2,12-17)8-10-16-9-6-7-14(3,11-16)18-4/h15,17H,5-12H2,1-4H3. The van der Waals surface area contributed by atoms with Crippen molar-refractivity contribution in [3.8, 4) is 0 Å². The van der Waals surface area contributed by atoms with E-state index in [2.05, 4.69) is 31.0 Å². The minimum absolute atomic E-state index is 0.00600. The average Bonchev–Trinajstić information content (AvgIpc) is 2.37. The van der Waals surface area contributed by atoms with Gasteiger partial charge in [0.25, 0.3) is 0 Å². The van der Waals surface area contributed by atoms with E-state index >= 15 is 0 Å². The van der Waals surface area contributed by atoms with Gasteiger partial charge in [0, 0.05) is 25.7 Å². The van der Waals surface area contributed by atoms with E-state index in [1.165, 1.54) is 6.42 Å². The molecule has 1 saturated heterocycles. The number of hydrogen-bond acceptors (Lipinski definition) is 4. The van der Waals surface area contributed by atoms with Crippen LogP contribution in [0.15, 0.2) is 0 Å². The number of nitrogens with zero attached hydrogens (tertiary/aromatic N) is 1. The molecule has 0 aromatic rings. The van der Waals surface area contributed by atoms with E-state index in [9.17, 15) is 5.11 Å². The number of aliphatic hydroxyl groups is 1. The van der Waals surface area contributed by atoms with E-state index in [1.807, 2.05) is 0 Å². The summed E-state index contributed by atoms with van der Waals surface area (Å²) >= 11 is 0. The van der Waals surface area contributed by atoms with E-state index in [-0.39, 0.29) is 17.7 Å². The van der Waals surface area contributed by atoms with Crippen LogP contribution in [0.25, 0.3) is 0 Å². The summed E-state index contributed by atoms with van der Waals surface area (Å²) in [7, 11) is 1.81. The van der Waals surface area contributed by atoms with Crippen molar-refractivity contribution in [1.82, 2.24) is 10.2 Å². The van der Waals surface area contributed by atoms with Crippen molar-refractivity contribution in [2.45, 2.75) is 51.2 Å². The molecule has 1 fully saturated rings. The molecule has 0 amide bonds. The zero-order valence-electron chi connectivity index (χ0n) is 12.5. The van der Waals surface area contributed by atoms with Gasteiger partial charge in [0.05, 0.1) is 12.2 Å². The zero-order valence-corrected chi connectivity index (χ0v) is 12.5. The molecule has 0 saturated carbocycles. The van der Waals surface area contributed by atoms with Gasteiger partial charge in [-0.3, -0.25) is 0 Å². The lowest BCUT2D eigenvalue weighted by atomic mass is 9.93. The summed E-state index contributed by atoms with van der Waals surface area (Å²) in [6, 6.07) is 0. The van der Waals surface area contributed by atoms with Crippen molar-refractivity contribution in [2.24, 2.45) is 0 Å². The molecule has 108 valence electrons. The molecule has 4 heteroatoms. The van der Waals surface area contributed by atoms with Gasteiger partial charge in [-0.05, 0) is 46.2 Å². The highest BCUT2D eigenvalue weighted by Gasteiger charge is 2.31. The Morgan fingerprint density at radius 1 is 1.50 bits per heavy atom. The van der Waals surface area contributed by atoms with E-state index in [0.717, 1.165) is 39.0 Å². The Hall–Kier alpha value is -0.160. The van der Waals surface area contributed by atoms with Gasteiger partial charge in [-0.2, -0.15) is 0 Å². The van der Waals surface area contributed by atoms with Gasteiger partial charge in [-0.1, -0.05) is 6.92 Å². The molecule has 0 radical (unpaired) electrons. The minimum Gasteiger partial charge on any atom is -0.394 e. The Morgan fingerprint density at radius 3 is 2.78 bits per heavy atom. The topological polar surface area (TPSA) is 44.7 Å². The maximum absolute atomic E-state index is 9.49. The number of likely N-dealkylation sites (N-methyl/N-ethyl adjacent to an activating group) is 1. The van der Waals surface area contributed by atoms with Gasteiger partial charge in [0.2, 0.25) is 0 Å². The molecule has 4 nitrogen and oxygen atoms in total. The first-order chi connectivity index (χ1) is 8.47. The predicted molar refractivity (Wildman–Crippen MR) is 74.9 cm³/mol. The first-order valence-corrected chi connectivity index (χ1v) is 7.10. The third-order valence-electron chi connectivity index (χ3n) is 4.16. The fraction of sp³-hybridized carbons (Fsp3) is 1.00. The molecule has 2 atom stereocenters. The van der Waals surface area contributed by atoms with Crippen LogP contribution in [0.3, 0.4) is 0 Å². The number of rotatable bonds is 7. The SMILES string of the molecule is CCNC(C)(CO)CCN1CCCC(C)(OC)C1. The summed E-state index contributed by atoms with van der Waals surface area (Å²) in [4.78, 5) is 2.46. The Morgan fingerprint density at radius 2 is 2.22 bits per heavy atom. The van der Waals surface area contributed by atoms with Gasteiger partial charge in [-0.25, -0.2) is 0 Å². The maximum Gasteiger partial charge on any atom is 0.0777 e. The number of ether oxygens (including phenoxy) is 1. The quantitative estimate of drug-likeness (QED) is 0.721. The van der Waals surface area contributed by atoms with Crippen molar-refractivity contribution in [1.29, 1.82) is 0 Å². The molecule has 0 bridgehead atoms. The first kappa shape index (κ1) is 15.9. The Bertz CT molecular complexity index is 250. The normalized spacial score (nSPS) is 29.2. The summed E-state index contributed by atoms with van der Waals surface area (Å²) in [6.45, 7) is 10.6. The van der Waals surface area contributed by atoms with Gasteiger partial charge in [0.1, 0.15) is 0 Å². The zero-order chi connectivity index (χ0) is 13.6. The highest BCUT2D eigenvalue weighted by molar-refractivity contribution is 4.88. The van der Waals surface area contributed by atoms with Crippen LogP contribution in [0, 0.1) is 0 Å². The predicted octanol–water partition coefficient (Wildman–Crippen LogP) is 1.24. The Labute approximate surface area is 112 Å². The summed E-state index contributed by atoms with van der Waals surface area (Å²) in [5.74, 6) is 0. The van der Waals surface area contributed by atoms with Gasteiger partial charge >= 0.3 is 0 Å². The molecule has 1 aliphatic heterocycles. The second kappa shape index (κ2) is 6.85. The number of likely N-dealkylation sites (tertiary alicyclic amines) is 1. The fourth-order valence-corrected chi connectivity index (χ4v) is 2.72. The van der Waals surface area contributed by atoms with Crippen molar-refractivity contribution in [2.75, 3.05) is 39.9 Å². The summed E-state index contributed by atoms with van der Waals surface area (Å²) in [6.07, 6.45) is 3.31. The van der Waals surface area contributed by atoms with Crippen LogP contribution in [-0.2, 0) is 4.74 Å². The second-order valence-electron chi connectivity index (χ2n) is 6.03. The van der Waals surface area contributed by atoms with Gasteiger partial charge < -0.3 is 20.1 Å². The van der Waals surface area contributed by atoms with Crippen LogP contribution < -0.4 is 5.32 Å². The van der Waals surface area contributed by atoms with Crippen molar-refractivity contribution >= 4 is 0 Å². The van der Waals surface area contributed by atoms with Crippen molar-refractivity contribution < 1.29 is 9.84 Å². The molecule has 1 aliphatic rings. The molecule has 0 aromatic heterocycles. The lowest BCUT2D eigenvalue weighted by Crippen LogP contribution is -2.51. The van der Waals surface area contributed by atoms with Crippen molar-refractivity contribution in [3.05, 3.63) is 0 Å². The molecule has 2 N–H and O–H groups in total.